The molecule has 4 heterocycles. The van der Waals surface area contributed by atoms with E-state index < -0.39 is 0 Å². The molecule has 0 spiro atoms. The molecule has 6 heteroatoms. The van der Waals surface area contributed by atoms with Crippen molar-refractivity contribution >= 4 is 5.82 Å². The second-order valence-electron chi connectivity index (χ2n) is 6.51. The molecule has 2 aliphatic rings. The molecule has 6 nitrogen and oxygen atoms in total. The lowest BCUT2D eigenvalue weighted by molar-refractivity contribution is 0.185. The van der Waals surface area contributed by atoms with Gasteiger partial charge in [0.15, 0.2) is 5.82 Å². The lowest BCUT2D eigenvalue weighted by Crippen LogP contribution is -2.44. The molecule has 3 atom stereocenters. The summed E-state index contributed by atoms with van der Waals surface area (Å²) in [5.74, 6) is 2.24. The topological polar surface area (TPSA) is 67.1 Å². The first kappa shape index (κ1) is 13.7. The fourth-order valence-corrected chi connectivity index (χ4v) is 3.95. The fourth-order valence-electron chi connectivity index (χ4n) is 3.95. The number of aromatic nitrogens is 4. The van der Waals surface area contributed by atoms with Gasteiger partial charge in [-0.3, -0.25) is 0 Å². The van der Waals surface area contributed by atoms with Crippen LogP contribution >= 0.6 is 0 Å². The monoisotopic (exact) mass is 299 g/mol. The Morgan fingerprint density at radius 3 is 2.55 bits per heavy atom. The molecule has 1 N–H and O–H groups in total. The van der Waals surface area contributed by atoms with Crippen molar-refractivity contribution in [2.24, 2.45) is 5.92 Å². The van der Waals surface area contributed by atoms with E-state index in [2.05, 4.69) is 20.0 Å². The Balaban J connectivity index is 1.64. The van der Waals surface area contributed by atoms with Gasteiger partial charge in [-0.15, -0.1) is 0 Å². The molecule has 0 amide bonds. The minimum atomic E-state index is 0.308. The van der Waals surface area contributed by atoms with Gasteiger partial charge < -0.3 is 10.0 Å². The van der Waals surface area contributed by atoms with Crippen molar-refractivity contribution in [3.63, 3.8) is 0 Å². The first-order chi connectivity index (χ1) is 10.7. The Labute approximate surface area is 129 Å². The van der Waals surface area contributed by atoms with Gasteiger partial charge in [-0.2, -0.15) is 5.10 Å². The van der Waals surface area contributed by atoms with E-state index in [-0.39, 0.29) is 0 Å². The second kappa shape index (κ2) is 5.35. The third-order valence-electron chi connectivity index (χ3n) is 4.94. The number of fused-ring (bicyclic) bond motifs is 2. The Kier molecular flexibility index (Phi) is 3.33. The maximum atomic E-state index is 9.45. The van der Waals surface area contributed by atoms with Gasteiger partial charge in [0.05, 0.1) is 6.20 Å². The lowest BCUT2D eigenvalue weighted by atomic mass is 9.91. The normalized spacial score (nSPS) is 27.4. The number of aliphatic hydroxyl groups excluding tert-OH is 1. The number of aliphatic hydroxyl groups is 1. The van der Waals surface area contributed by atoms with E-state index in [0.717, 1.165) is 30.0 Å². The van der Waals surface area contributed by atoms with E-state index in [0.29, 0.717) is 24.6 Å². The van der Waals surface area contributed by atoms with Gasteiger partial charge in [-0.1, -0.05) is 0 Å². The molecule has 2 saturated heterocycles. The molecule has 2 aliphatic heterocycles. The van der Waals surface area contributed by atoms with Gasteiger partial charge in [0, 0.05) is 31.0 Å². The quantitative estimate of drug-likeness (QED) is 0.934. The third kappa shape index (κ3) is 2.27. The van der Waals surface area contributed by atoms with E-state index >= 15 is 0 Å². The lowest BCUT2D eigenvalue weighted by Gasteiger charge is -2.39. The van der Waals surface area contributed by atoms with Gasteiger partial charge in [0.25, 0.3) is 0 Å². The average Bonchev–Trinajstić information content (AvgIpc) is 3.09. The van der Waals surface area contributed by atoms with Crippen LogP contribution in [0.4, 0.5) is 5.82 Å². The second-order valence-corrected chi connectivity index (χ2v) is 6.51. The molecule has 0 radical (unpaired) electrons. The molecule has 2 fully saturated rings. The summed E-state index contributed by atoms with van der Waals surface area (Å²) in [6, 6.07) is 3.02. The standard InChI is InChI=1S/C16H21N5O/c1-11-7-19-20(8-11)15-6-16(18-10-17-15)21-13-2-3-14(21)5-12(4-13)9-22/h6-8,10,12-14,22H,2-5,9H2,1H3/t12?,13-,14+. The van der Waals surface area contributed by atoms with Crippen LogP contribution in [0, 0.1) is 12.8 Å². The number of anilines is 1. The number of aryl methyl sites for hydroxylation is 1. The maximum Gasteiger partial charge on any atom is 0.158 e. The maximum absolute atomic E-state index is 9.45. The largest absolute Gasteiger partial charge is 0.396 e. The highest BCUT2D eigenvalue weighted by atomic mass is 16.3. The molecule has 1 unspecified atom stereocenters. The van der Waals surface area contributed by atoms with Crippen molar-refractivity contribution in [2.45, 2.75) is 44.7 Å². The van der Waals surface area contributed by atoms with Gasteiger partial charge in [-0.25, -0.2) is 14.6 Å². The zero-order chi connectivity index (χ0) is 15.1. The van der Waals surface area contributed by atoms with Crippen molar-refractivity contribution in [1.82, 2.24) is 19.7 Å². The summed E-state index contributed by atoms with van der Waals surface area (Å²) in [5, 5.41) is 13.8. The molecule has 22 heavy (non-hydrogen) atoms. The molecule has 116 valence electrons. The summed E-state index contributed by atoms with van der Waals surface area (Å²) in [6.45, 7) is 2.33. The predicted octanol–water partition coefficient (Wildman–Crippen LogP) is 1.71. The molecule has 4 rings (SSSR count). The van der Waals surface area contributed by atoms with E-state index in [1.54, 1.807) is 11.0 Å². The Morgan fingerprint density at radius 1 is 1.18 bits per heavy atom. The molecule has 0 saturated carbocycles. The van der Waals surface area contributed by atoms with Crippen molar-refractivity contribution in [3.05, 3.63) is 30.4 Å². The number of hydrogen-bond donors (Lipinski definition) is 1. The molecule has 2 aromatic rings. The number of rotatable bonds is 3. The Bertz CT molecular complexity index is 656. The van der Waals surface area contributed by atoms with Crippen molar-refractivity contribution in [3.8, 4) is 5.82 Å². The average molecular weight is 299 g/mol. The Morgan fingerprint density at radius 2 is 1.91 bits per heavy atom. The summed E-state index contributed by atoms with van der Waals surface area (Å²) in [4.78, 5) is 11.3. The molecular formula is C16H21N5O. The van der Waals surface area contributed by atoms with E-state index in [1.807, 2.05) is 25.4 Å². The van der Waals surface area contributed by atoms with Crippen LogP contribution in [0.1, 0.15) is 31.2 Å². The third-order valence-corrected chi connectivity index (χ3v) is 4.94. The van der Waals surface area contributed by atoms with Crippen molar-refractivity contribution < 1.29 is 5.11 Å². The number of hydrogen-bond acceptors (Lipinski definition) is 5. The highest BCUT2D eigenvalue weighted by molar-refractivity contribution is 5.47. The van der Waals surface area contributed by atoms with Crippen LogP contribution in [0.15, 0.2) is 24.8 Å². The van der Waals surface area contributed by atoms with Crippen LogP contribution in [0.25, 0.3) is 5.82 Å². The predicted molar refractivity (Wildman–Crippen MR) is 83.0 cm³/mol. The van der Waals surface area contributed by atoms with Crippen molar-refractivity contribution in [1.29, 1.82) is 0 Å². The summed E-state index contributed by atoms with van der Waals surface area (Å²) in [5.41, 5.74) is 1.11. The smallest absolute Gasteiger partial charge is 0.158 e. The summed E-state index contributed by atoms with van der Waals surface area (Å²) >= 11 is 0. The number of nitrogens with zero attached hydrogens (tertiary/aromatic N) is 5. The van der Waals surface area contributed by atoms with Crippen LogP contribution in [0.3, 0.4) is 0 Å². The van der Waals surface area contributed by atoms with E-state index in [9.17, 15) is 5.11 Å². The molecule has 0 aromatic carbocycles. The molecule has 0 aliphatic carbocycles. The highest BCUT2D eigenvalue weighted by Crippen LogP contribution is 2.40. The van der Waals surface area contributed by atoms with Gasteiger partial charge in [0.2, 0.25) is 0 Å². The van der Waals surface area contributed by atoms with Crippen LogP contribution in [-0.4, -0.2) is 43.5 Å². The first-order valence-electron chi connectivity index (χ1n) is 7.97. The van der Waals surface area contributed by atoms with Crippen LogP contribution < -0.4 is 4.90 Å². The van der Waals surface area contributed by atoms with E-state index in [1.165, 1.54) is 12.8 Å². The minimum absolute atomic E-state index is 0.308. The van der Waals surface area contributed by atoms with Gasteiger partial charge in [0.1, 0.15) is 12.1 Å². The van der Waals surface area contributed by atoms with Gasteiger partial charge in [-0.05, 0) is 44.1 Å². The molecular weight excluding hydrogens is 278 g/mol. The summed E-state index contributed by atoms with van der Waals surface area (Å²) in [6.07, 6.45) is 9.94. The minimum Gasteiger partial charge on any atom is -0.396 e. The highest BCUT2D eigenvalue weighted by Gasteiger charge is 2.41. The van der Waals surface area contributed by atoms with Crippen molar-refractivity contribution in [2.75, 3.05) is 11.5 Å². The Hall–Kier alpha value is -1.95. The van der Waals surface area contributed by atoms with Crippen LogP contribution in [0.5, 0.6) is 0 Å². The molecule has 2 aromatic heterocycles. The summed E-state index contributed by atoms with van der Waals surface area (Å²) in [7, 11) is 0. The van der Waals surface area contributed by atoms with Crippen LogP contribution in [0.2, 0.25) is 0 Å². The fraction of sp³-hybridized carbons (Fsp3) is 0.562. The SMILES string of the molecule is Cc1cnn(-c2cc(N3[C@@H]4CC[C@H]3CC(CO)C4)ncn2)c1. The first-order valence-corrected chi connectivity index (χ1v) is 7.97. The molecule has 2 bridgehead atoms. The van der Waals surface area contributed by atoms with Gasteiger partial charge >= 0.3 is 0 Å². The zero-order valence-electron chi connectivity index (χ0n) is 12.8. The summed E-state index contributed by atoms with van der Waals surface area (Å²) < 4.78 is 1.79. The van der Waals surface area contributed by atoms with E-state index in [4.69, 9.17) is 0 Å². The number of piperidine rings is 1. The van der Waals surface area contributed by atoms with Crippen LogP contribution in [-0.2, 0) is 0 Å². The zero-order valence-corrected chi connectivity index (χ0v) is 12.8.